The predicted octanol–water partition coefficient (Wildman–Crippen LogP) is 3.19. The summed E-state index contributed by atoms with van der Waals surface area (Å²) >= 11 is 5.90. The first-order chi connectivity index (χ1) is 8.20. The van der Waals surface area contributed by atoms with Crippen LogP contribution < -0.4 is 5.73 Å². The van der Waals surface area contributed by atoms with Crippen LogP contribution in [0.3, 0.4) is 0 Å². The third-order valence-electron chi connectivity index (χ3n) is 2.44. The van der Waals surface area contributed by atoms with Crippen molar-refractivity contribution < 1.29 is 4.52 Å². The highest BCUT2D eigenvalue weighted by Gasteiger charge is 2.14. The molecule has 0 aliphatic carbocycles. The number of hydrogen-bond donors (Lipinski definition) is 1. The first-order valence-electron chi connectivity index (χ1n) is 5.56. The molecule has 1 aromatic heterocycles. The van der Waals surface area contributed by atoms with Crippen molar-refractivity contribution in [3.8, 4) is 11.5 Å². The molecule has 0 aliphatic rings. The van der Waals surface area contributed by atoms with E-state index in [1.807, 2.05) is 12.1 Å². The van der Waals surface area contributed by atoms with E-state index in [9.17, 15) is 0 Å². The molecule has 1 heterocycles. The van der Waals surface area contributed by atoms with Crippen LogP contribution in [0.4, 0.5) is 0 Å². The molecule has 90 valence electrons. The SMILES string of the molecule is CCCC(N)c1noc(-c2cccc(Cl)c2)n1. The number of nitrogens with two attached hydrogens (primary N) is 1. The van der Waals surface area contributed by atoms with Gasteiger partial charge in [-0.2, -0.15) is 4.98 Å². The van der Waals surface area contributed by atoms with Gasteiger partial charge in [0.1, 0.15) is 0 Å². The Morgan fingerprint density at radius 1 is 1.47 bits per heavy atom. The number of benzene rings is 1. The lowest BCUT2D eigenvalue weighted by Crippen LogP contribution is -2.11. The van der Waals surface area contributed by atoms with E-state index in [-0.39, 0.29) is 6.04 Å². The van der Waals surface area contributed by atoms with Crippen molar-refractivity contribution in [3.63, 3.8) is 0 Å². The van der Waals surface area contributed by atoms with Gasteiger partial charge in [0, 0.05) is 10.6 Å². The summed E-state index contributed by atoms with van der Waals surface area (Å²) in [6.45, 7) is 2.07. The largest absolute Gasteiger partial charge is 0.334 e. The molecule has 1 aromatic carbocycles. The fourth-order valence-corrected chi connectivity index (χ4v) is 1.75. The van der Waals surface area contributed by atoms with Crippen LogP contribution in [0.15, 0.2) is 28.8 Å². The Labute approximate surface area is 105 Å². The van der Waals surface area contributed by atoms with Gasteiger partial charge in [0.15, 0.2) is 5.82 Å². The molecule has 0 amide bonds. The molecule has 0 bridgehead atoms. The fraction of sp³-hybridized carbons (Fsp3) is 0.333. The smallest absolute Gasteiger partial charge is 0.258 e. The van der Waals surface area contributed by atoms with Crippen LogP contribution in [0.1, 0.15) is 31.6 Å². The zero-order valence-electron chi connectivity index (χ0n) is 9.56. The molecule has 4 nitrogen and oxygen atoms in total. The van der Waals surface area contributed by atoms with E-state index >= 15 is 0 Å². The molecule has 0 radical (unpaired) electrons. The topological polar surface area (TPSA) is 64.9 Å². The molecular weight excluding hydrogens is 238 g/mol. The monoisotopic (exact) mass is 251 g/mol. The Morgan fingerprint density at radius 2 is 2.29 bits per heavy atom. The molecule has 2 aromatic rings. The molecule has 0 spiro atoms. The molecule has 0 saturated heterocycles. The molecule has 2 N–H and O–H groups in total. The summed E-state index contributed by atoms with van der Waals surface area (Å²) in [6.07, 6.45) is 1.83. The summed E-state index contributed by atoms with van der Waals surface area (Å²) in [5.41, 5.74) is 6.72. The zero-order chi connectivity index (χ0) is 12.3. The lowest BCUT2D eigenvalue weighted by atomic mass is 10.2. The van der Waals surface area contributed by atoms with Gasteiger partial charge in [-0.25, -0.2) is 0 Å². The lowest BCUT2D eigenvalue weighted by Gasteiger charge is -2.02. The van der Waals surface area contributed by atoms with Crippen LogP contribution >= 0.6 is 11.6 Å². The number of halogens is 1. The second-order valence-corrected chi connectivity index (χ2v) is 4.30. The molecule has 1 atom stereocenters. The van der Waals surface area contributed by atoms with Crippen LogP contribution in [-0.2, 0) is 0 Å². The Kier molecular flexibility index (Phi) is 3.76. The van der Waals surface area contributed by atoms with E-state index in [0.717, 1.165) is 18.4 Å². The van der Waals surface area contributed by atoms with Gasteiger partial charge in [-0.1, -0.05) is 36.2 Å². The third kappa shape index (κ3) is 2.84. The molecule has 0 saturated carbocycles. The summed E-state index contributed by atoms with van der Waals surface area (Å²) < 4.78 is 5.17. The van der Waals surface area contributed by atoms with E-state index < -0.39 is 0 Å². The maximum Gasteiger partial charge on any atom is 0.258 e. The maximum absolute atomic E-state index is 5.92. The fourth-order valence-electron chi connectivity index (χ4n) is 1.56. The minimum absolute atomic E-state index is 0.170. The van der Waals surface area contributed by atoms with Crippen molar-refractivity contribution in [2.45, 2.75) is 25.8 Å². The molecule has 1 unspecified atom stereocenters. The Bertz CT molecular complexity index is 498. The average molecular weight is 252 g/mol. The van der Waals surface area contributed by atoms with Gasteiger partial charge < -0.3 is 10.3 Å². The van der Waals surface area contributed by atoms with Crippen LogP contribution in [0.5, 0.6) is 0 Å². The Balaban J connectivity index is 2.23. The van der Waals surface area contributed by atoms with Gasteiger partial charge in [0.2, 0.25) is 0 Å². The number of hydrogen-bond acceptors (Lipinski definition) is 4. The highest BCUT2D eigenvalue weighted by atomic mass is 35.5. The molecule has 17 heavy (non-hydrogen) atoms. The van der Waals surface area contributed by atoms with Gasteiger partial charge in [0.25, 0.3) is 5.89 Å². The number of aromatic nitrogens is 2. The van der Waals surface area contributed by atoms with Crippen LogP contribution in [0.2, 0.25) is 5.02 Å². The van der Waals surface area contributed by atoms with Crippen molar-refractivity contribution in [1.29, 1.82) is 0 Å². The molecule has 0 fully saturated rings. The van der Waals surface area contributed by atoms with Crippen molar-refractivity contribution >= 4 is 11.6 Å². The van der Waals surface area contributed by atoms with Crippen LogP contribution in [0.25, 0.3) is 11.5 Å². The summed E-state index contributed by atoms with van der Waals surface area (Å²) in [7, 11) is 0. The standard InChI is InChI=1S/C12H14ClN3O/c1-2-4-10(14)11-15-12(17-16-11)8-5-3-6-9(13)7-8/h3,5-7,10H,2,4,14H2,1H3. The van der Waals surface area contributed by atoms with Crippen molar-refractivity contribution in [3.05, 3.63) is 35.1 Å². The second-order valence-electron chi connectivity index (χ2n) is 3.86. The minimum Gasteiger partial charge on any atom is -0.334 e. The van der Waals surface area contributed by atoms with E-state index in [0.29, 0.717) is 16.7 Å². The quantitative estimate of drug-likeness (QED) is 0.906. The zero-order valence-corrected chi connectivity index (χ0v) is 10.3. The van der Waals surface area contributed by atoms with Crippen LogP contribution in [0, 0.1) is 0 Å². The van der Waals surface area contributed by atoms with Crippen molar-refractivity contribution in [2.75, 3.05) is 0 Å². The highest BCUT2D eigenvalue weighted by Crippen LogP contribution is 2.22. The van der Waals surface area contributed by atoms with Crippen molar-refractivity contribution in [1.82, 2.24) is 10.1 Å². The highest BCUT2D eigenvalue weighted by molar-refractivity contribution is 6.30. The first-order valence-corrected chi connectivity index (χ1v) is 5.93. The number of rotatable bonds is 4. The molecule has 5 heteroatoms. The van der Waals surface area contributed by atoms with Gasteiger partial charge in [-0.05, 0) is 24.6 Å². The van der Waals surface area contributed by atoms with E-state index in [4.69, 9.17) is 21.9 Å². The molecular formula is C12H14ClN3O. The lowest BCUT2D eigenvalue weighted by molar-refractivity contribution is 0.413. The normalized spacial score (nSPS) is 12.6. The minimum atomic E-state index is -0.170. The van der Waals surface area contributed by atoms with E-state index in [2.05, 4.69) is 17.1 Å². The third-order valence-corrected chi connectivity index (χ3v) is 2.68. The maximum atomic E-state index is 5.92. The summed E-state index contributed by atoms with van der Waals surface area (Å²) in [5, 5.41) is 4.53. The van der Waals surface area contributed by atoms with E-state index in [1.54, 1.807) is 12.1 Å². The molecule has 0 aliphatic heterocycles. The average Bonchev–Trinajstić information content (AvgIpc) is 2.78. The van der Waals surface area contributed by atoms with Gasteiger partial charge in [0.05, 0.1) is 6.04 Å². The van der Waals surface area contributed by atoms with Gasteiger partial charge in [-0.3, -0.25) is 0 Å². The Morgan fingerprint density at radius 3 is 3.00 bits per heavy atom. The molecule has 2 rings (SSSR count). The van der Waals surface area contributed by atoms with E-state index in [1.165, 1.54) is 0 Å². The second kappa shape index (κ2) is 5.29. The summed E-state index contributed by atoms with van der Waals surface area (Å²) in [6, 6.07) is 7.12. The first kappa shape index (κ1) is 12.1. The summed E-state index contributed by atoms with van der Waals surface area (Å²) in [4.78, 5) is 4.28. The van der Waals surface area contributed by atoms with Gasteiger partial charge in [-0.15, -0.1) is 0 Å². The van der Waals surface area contributed by atoms with Crippen molar-refractivity contribution in [2.24, 2.45) is 5.73 Å². The van der Waals surface area contributed by atoms with Gasteiger partial charge >= 0.3 is 0 Å². The summed E-state index contributed by atoms with van der Waals surface area (Å²) in [5.74, 6) is 0.996. The Hall–Kier alpha value is -1.39. The van der Waals surface area contributed by atoms with Crippen LogP contribution in [-0.4, -0.2) is 10.1 Å². The number of nitrogens with zero attached hydrogens (tertiary/aromatic N) is 2. The predicted molar refractivity (Wildman–Crippen MR) is 66.6 cm³/mol.